The van der Waals surface area contributed by atoms with E-state index in [-0.39, 0.29) is 6.10 Å². The molecule has 0 aromatic heterocycles. The Morgan fingerprint density at radius 3 is 2.54 bits per heavy atom. The van der Waals surface area contributed by atoms with Crippen molar-refractivity contribution in [1.82, 2.24) is 5.32 Å². The molecule has 1 N–H and O–H groups in total. The summed E-state index contributed by atoms with van der Waals surface area (Å²) in [6, 6.07) is 7.93. The van der Waals surface area contributed by atoms with E-state index in [1.165, 1.54) is 11.3 Å². The van der Waals surface area contributed by atoms with E-state index in [9.17, 15) is 0 Å². The van der Waals surface area contributed by atoms with Crippen LogP contribution >= 0.6 is 46.6 Å². The molecule has 2 aromatic rings. The fraction of sp³-hybridized carbons (Fsp3) is 0.429. The first-order valence-electron chi connectivity index (χ1n) is 9.65. The standard InChI is InChI=1S/C21H21Cl3N2OS/c22-13-9-16(23)20(17(24)10-13)12-7-14-15-11-25-2-1-19(15)27-21(14)18(8-12)26-3-5-28-6-4-26/h7-10,15,19,25H,1-6,11H2/t15-,19-/m0/s1. The Morgan fingerprint density at radius 2 is 1.79 bits per heavy atom. The molecule has 0 saturated carbocycles. The summed E-state index contributed by atoms with van der Waals surface area (Å²) in [5.41, 5.74) is 4.32. The molecule has 0 spiro atoms. The molecular weight excluding hydrogens is 435 g/mol. The average Bonchev–Trinajstić information content (AvgIpc) is 3.06. The van der Waals surface area contributed by atoms with Gasteiger partial charge in [0.2, 0.25) is 0 Å². The topological polar surface area (TPSA) is 24.5 Å². The van der Waals surface area contributed by atoms with Gasteiger partial charge in [0.05, 0.1) is 15.7 Å². The third-order valence-electron chi connectivity index (χ3n) is 5.83. The van der Waals surface area contributed by atoms with Crippen LogP contribution in [0.25, 0.3) is 11.1 Å². The van der Waals surface area contributed by atoms with E-state index in [1.54, 1.807) is 12.1 Å². The molecule has 0 aliphatic carbocycles. The van der Waals surface area contributed by atoms with Crippen molar-refractivity contribution in [3.05, 3.63) is 44.9 Å². The van der Waals surface area contributed by atoms with Crippen LogP contribution in [0, 0.1) is 0 Å². The van der Waals surface area contributed by atoms with Gasteiger partial charge in [-0.05, 0) is 42.8 Å². The van der Waals surface area contributed by atoms with Crippen molar-refractivity contribution in [2.75, 3.05) is 42.6 Å². The number of nitrogens with zero attached hydrogens (tertiary/aromatic N) is 1. The maximum atomic E-state index is 6.57. The van der Waals surface area contributed by atoms with Gasteiger partial charge >= 0.3 is 0 Å². The monoisotopic (exact) mass is 454 g/mol. The third kappa shape index (κ3) is 3.37. The Kier molecular flexibility index (Phi) is 5.35. The van der Waals surface area contributed by atoms with E-state index in [2.05, 4.69) is 22.3 Å². The predicted octanol–water partition coefficient (Wildman–Crippen LogP) is 5.70. The van der Waals surface area contributed by atoms with Gasteiger partial charge in [-0.15, -0.1) is 0 Å². The lowest BCUT2D eigenvalue weighted by Gasteiger charge is -2.30. The Morgan fingerprint density at radius 1 is 1.04 bits per heavy atom. The number of fused-ring (bicyclic) bond motifs is 3. The zero-order chi connectivity index (χ0) is 19.3. The van der Waals surface area contributed by atoms with E-state index < -0.39 is 0 Å². The summed E-state index contributed by atoms with van der Waals surface area (Å²) in [4.78, 5) is 2.45. The highest BCUT2D eigenvalue weighted by Crippen LogP contribution is 2.50. The SMILES string of the molecule is Clc1cc(Cl)c(-c2cc3c(c(N4CCSCC4)c2)O[C@H]2CCNC[C@@H]32)c(Cl)c1. The molecule has 2 atom stereocenters. The molecule has 0 unspecified atom stereocenters. The Hall–Kier alpha value is -0.780. The number of halogens is 3. The van der Waals surface area contributed by atoms with Crippen molar-refractivity contribution in [3.63, 3.8) is 0 Å². The first-order chi connectivity index (χ1) is 13.6. The molecule has 5 rings (SSSR count). The lowest BCUT2D eigenvalue weighted by Crippen LogP contribution is -2.37. The summed E-state index contributed by atoms with van der Waals surface area (Å²) < 4.78 is 6.49. The lowest BCUT2D eigenvalue weighted by atomic mass is 9.88. The quantitative estimate of drug-likeness (QED) is 0.627. The van der Waals surface area contributed by atoms with Crippen molar-refractivity contribution < 1.29 is 4.74 Å². The Labute approximate surface area is 184 Å². The van der Waals surface area contributed by atoms with Gasteiger partial charge in [0.25, 0.3) is 0 Å². The molecule has 3 aliphatic rings. The minimum Gasteiger partial charge on any atom is -0.487 e. The van der Waals surface area contributed by atoms with Crippen LogP contribution < -0.4 is 15.0 Å². The minimum absolute atomic E-state index is 0.251. The fourth-order valence-corrected chi connectivity index (χ4v) is 6.42. The second kappa shape index (κ2) is 7.81. The van der Waals surface area contributed by atoms with Gasteiger partial charge in [0, 0.05) is 53.2 Å². The number of piperidine rings is 1. The van der Waals surface area contributed by atoms with Crippen molar-refractivity contribution in [2.24, 2.45) is 0 Å². The first-order valence-corrected chi connectivity index (χ1v) is 11.9. The first kappa shape index (κ1) is 19.2. The van der Waals surface area contributed by atoms with Gasteiger partial charge in [0.1, 0.15) is 11.9 Å². The molecule has 28 heavy (non-hydrogen) atoms. The molecule has 2 aromatic carbocycles. The predicted molar refractivity (Wildman–Crippen MR) is 121 cm³/mol. The summed E-state index contributed by atoms with van der Waals surface area (Å²) in [5, 5.41) is 5.23. The Bertz CT molecular complexity index is 894. The van der Waals surface area contributed by atoms with Gasteiger partial charge in [0.15, 0.2) is 0 Å². The summed E-state index contributed by atoms with van der Waals surface area (Å²) in [6.07, 6.45) is 1.28. The molecule has 3 aliphatic heterocycles. The highest BCUT2D eigenvalue weighted by molar-refractivity contribution is 7.99. The van der Waals surface area contributed by atoms with Gasteiger partial charge in [-0.2, -0.15) is 11.8 Å². The maximum absolute atomic E-state index is 6.57. The van der Waals surface area contributed by atoms with Crippen LogP contribution in [0.1, 0.15) is 17.9 Å². The van der Waals surface area contributed by atoms with Crippen molar-refractivity contribution >= 4 is 52.3 Å². The molecule has 0 radical (unpaired) electrons. The van der Waals surface area contributed by atoms with E-state index in [0.29, 0.717) is 21.0 Å². The fourth-order valence-electron chi connectivity index (χ4n) is 4.48. The van der Waals surface area contributed by atoms with Crippen molar-refractivity contribution in [2.45, 2.75) is 18.4 Å². The van der Waals surface area contributed by atoms with Crippen molar-refractivity contribution in [1.29, 1.82) is 0 Å². The highest BCUT2D eigenvalue weighted by atomic mass is 35.5. The van der Waals surface area contributed by atoms with Crippen LogP contribution in [0.4, 0.5) is 5.69 Å². The number of hydrogen-bond acceptors (Lipinski definition) is 4. The number of benzene rings is 2. The van der Waals surface area contributed by atoms with Crippen LogP contribution in [-0.4, -0.2) is 43.8 Å². The zero-order valence-corrected chi connectivity index (χ0v) is 18.4. The zero-order valence-electron chi connectivity index (χ0n) is 15.3. The van der Waals surface area contributed by atoms with Gasteiger partial charge < -0.3 is 15.0 Å². The van der Waals surface area contributed by atoms with Gasteiger partial charge in [-0.25, -0.2) is 0 Å². The Balaban J connectivity index is 1.67. The normalized spacial score (nSPS) is 23.9. The molecule has 0 bridgehead atoms. The summed E-state index contributed by atoms with van der Waals surface area (Å²) in [7, 11) is 0. The molecule has 2 saturated heterocycles. The number of ether oxygens (including phenoxy) is 1. The highest BCUT2D eigenvalue weighted by Gasteiger charge is 2.39. The average molecular weight is 456 g/mol. The second-order valence-corrected chi connectivity index (χ2v) is 9.99. The number of anilines is 1. The molecule has 7 heteroatoms. The lowest BCUT2D eigenvalue weighted by molar-refractivity contribution is 0.172. The molecule has 0 amide bonds. The smallest absolute Gasteiger partial charge is 0.146 e. The summed E-state index contributed by atoms with van der Waals surface area (Å²) in [5.74, 6) is 3.69. The third-order valence-corrected chi connectivity index (χ3v) is 7.59. The van der Waals surface area contributed by atoms with Crippen LogP contribution in [0.3, 0.4) is 0 Å². The van der Waals surface area contributed by atoms with Crippen LogP contribution in [0.2, 0.25) is 15.1 Å². The number of rotatable bonds is 2. The van der Waals surface area contributed by atoms with Gasteiger partial charge in [-0.1, -0.05) is 34.8 Å². The van der Waals surface area contributed by atoms with Crippen LogP contribution in [0.15, 0.2) is 24.3 Å². The largest absolute Gasteiger partial charge is 0.487 e. The molecule has 3 nitrogen and oxygen atoms in total. The number of nitrogens with one attached hydrogen (secondary N) is 1. The van der Waals surface area contributed by atoms with Crippen LogP contribution in [-0.2, 0) is 0 Å². The maximum Gasteiger partial charge on any atom is 0.146 e. The summed E-state index contributed by atoms with van der Waals surface area (Å²) >= 11 is 21.3. The second-order valence-electron chi connectivity index (χ2n) is 7.51. The van der Waals surface area contributed by atoms with Crippen LogP contribution in [0.5, 0.6) is 5.75 Å². The molecular formula is C21H21Cl3N2OS. The van der Waals surface area contributed by atoms with E-state index in [4.69, 9.17) is 39.5 Å². The number of thioether (sulfide) groups is 1. The minimum atomic E-state index is 0.251. The summed E-state index contributed by atoms with van der Waals surface area (Å²) in [6.45, 7) is 4.00. The molecule has 3 heterocycles. The van der Waals surface area contributed by atoms with E-state index in [1.807, 2.05) is 11.8 Å². The molecule has 2 fully saturated rings. The van der Waals surface area contributed by atoms with Gasteiger partial charge in [-0.3, -0.25) is 0 Å². The number of hydrogen-bond donors (Lipinski definition) is 1. The van der Waals surface area contributed by atoms with E-state index >= 15 is 0 Å². The molecule has 148 valence electrons. The van der Waals surface area contributed by atoms with E-state index in [0.717, 1.165) is 61.0 Å². The van der Waals surface area contributed by atoms with Crippen molar-refractivity contribution in [3.8, 4) is 16.9 Å².